The third-order valence-electron chi connectivity index (χ3n) is 4.04. The van der Waals surface area contributed by atoms with Crippen molar-refractivity contribution >= 4 is 5.91 Å². The Morgan fingerprint density at radius 3 is 2.32 bits per heavy atom. The Morgan fingerprint density at radius 1 is 1.11 bits per heavy atom. The highest BCUT2D eigenvalue weighted by molar-refractivity contribution is 5.78. The molecule has 0 aromatic rings. The largest absolute Gasteiger partial charge is 0.356 e. The zero-order valence-electron chi connectivity index (χ0n) is 12.9. The predicted octanol–water partition coefficient (Wildman–Crippen LogP) is 3.20. The lowest BCUT2D eigenvalue weighted by Gasteiger charge is -2.26. The van der Waals surface area contributed by atoms with Crippen molar-refractivity contribution in [2.24, 2.45) is 5.92 Å². The van der Waals surface area contributed by atoms with E-state index < -0.39 is 0 Å². The van der Waals surface area contributed by atoms with Crippen molar-refractivity contribution in [1.82, 2.24) is 10.2 Å². The minimum absolute atomic E-state index is 0.241. The third kappa shape index (κ3) is 6.95. The molecule has 0 bridgehead atoms. The molecule has 1 heterocycles. The first kappa shape index (κ1) is 16.5. The van der Waals surface area contributed by atoms with Crippen LogP contribution in [0.15, 0.2) is 0 Å². The molecule has 1 saturated heterocycles. The van der Waals surface area contributed by atoms with Crippen LogP contribution in [-0.4, -0.2) is 37.0 Å². The summed E-state index contributed by atoms with van der Waals surface area (Å²) in [6, 6.07) is 0. The van der Waals surface area contributed by atoms with E-state index in [2.05, 4.69) is 24.1 Å². The van der Waals surface area contributed by atoms with Crippen molar-refractivity contribution in [3.63, 3.8) is 0 Å². The quantitative estimate of drug-likeness (QED) is 0.651. The molecular weight excluding hydrogens is 236 g/mol. The average Bonchev–Trinajstić information content (AvgIpc) is 2.44. The second-order valence-electron chi connectivity index (χ2n) is 5.82. The lowest BCUT2D eigenvalue weighted by atomic mass is 9.97. The SMILES string of the molecule is CCCC(CCC)C(=O)NCCCN1CCCCC1. The van der Waals surface area contributed by atoms with E-state index in [0.29, 0.717) is 0 Å². The Kier molecular flexibility index (Phi) is 8.89. The minimum Gasteiger partial charge on any atom is -0.356 e. The summed E-state index contributed by atoms with van der Waals surface area (Å²) in [6.07, 6.45) is 9.46. The highest BCUT2D eigenvalue weighted by Crippen LogP contribution is 2.13. The number of nitrogens with one attached hydrogen (secondary N) is 1. The van der Waals surface area contributed by atoms with Gasteiger partial charge in [0.05, 0.1) is 0 Å². The smallest absolute Gasteiger partial charge is 0.223 e. The summed E-state index contributed by atoms with van der Waals surface area (Å²) < 4.78 is 0. The van der Waals surface area contributed by atoms with E-state index >= 15 is 0 Å². The lowest BCUT2D eigenvalue weighted by molar-refractivity contribution is -0.125. The molecule has 0 unspecified atom stereocenters. The van der Waals surface area contributed by atoms with Gasteiger partial charge in [-0.3, -0.25) is 4.79 Å². The molecule has 3 heteroatoms. The van der Waals surface area contributed by atoms with Crippen molar-refractivity contribution < 1.29 is 4.79 Å². The Morgan fingerprint density at radius 2 is 1.74 bits per heavy atom. The normalized spacial score (nSPS) is 16.8. The number of rotatable bonds is 9. The molecule has 19 heavy (non-hydrogen) atoms. The molecule has 0 aromatic carbocycles. The fraction of sp³-hybridized carbons (Fsp3) is 0.938. The van der Waals surface area contributed by atoms with Gasteiger partial charge in [0.1, 0.15) is 0 Å². The molecule has 3 nitrogen and oxygen atoms in total. The summed E-state index contributed by atoms with van der Waals surface area (Å²) in [5, 5.41) is 3.13. The average molecular weight is 268 g/mol. The molecule has 0 radical (unpaired) electrons. The van der Waals surface area contributed by atoms with Gasteiger partial charge in [0.2, 0.25) is 5.91 Å². The number of hydrogen-bond donors (Lipinski definition) is 1. The monoisotopic (exact) mass is 268 g/mol. The first-order valence-corrected chi connectivity index (χ1v) is 8.28. The molecular formula is C16H32N2O. The van der Waals surface area contributed by atoms with Gasteiger partial charge in [-0.05, 0) is 51.7 Å². The Hall–Kier alpha value is -0.570. The standard InChI is InChI=1S/C16H32N2O/c1-3-9-15(10-4-2)16(19)17-11-8-14-18-12-6-5-7-13-18/h15H,3-14H2,1-2H3,(H,17,19). The van der Waals surface area contributed by atoms with Gasteiger partial charge < -0.3 is 10.2 Å². The fourth-order valence-corrected chi connectivity index (χ4v) is 2.95. The molecule has 0 spiro atoms. The van der Waals surface area contributed by atoms with Crippen LogP contribution in [0, 0.1) is 5.92 Å². The van der Waals surface area contributed by atoms with E-state index in [0.717, 1.165) is 45.2 Å². The van der Waals surface area contributed by atoms with Gasteiger partial charge in [-0.1, -0.05) is 33.1 Å². The van der Waals surface area contributed by atoms with E-state index in [9.17, 15) is 4.79 Å². The number of piperidine rings is 1. The van der Waals surface area contributed by atoms with Crippen molar-refractivity contribution in [3.05, 3.63) is 0 Å². The molecule has 1 aliphatic rings. The second kappa shape index (κ2) is 10.2. The molecule has 1 amide bonds. The summed E-state index contributed by atoms with van der Waals surface area (Å²) in [6.45, 7) is 8.81. The van der Waals surface area contributed by atoms with E-state index in [1.807, 2.05) is 0 Å². The van der Waals surface area contributed by atoms with Crippen LogP contribution in [0.4, 0.5) is 0 Å². The highest BCUT2D eigenvalue weighted by Gasteiger charge is 2.16. The number of nitrogens with zero attached hydrogens (tertiary/aromatic N) is 1. The van der Waals surface area contributed by atoms with Gasteiger partial charge in [0, 0.05) is 12.5 Å². The highest BCUT2D eigenvalue weighted by atomic mass is 16.1. The van der Waals surface area contributed by atoms with Gasteiger partial charge in [-0.2, -0.15) is 0 Å². The zero-order chi connectivity index (χ0) is 13.9. The third-order valence-corrected chi connectivity index (χ3v) is 4.04. The van der Waals surface area contributed by atoms with Crippen molar-refractivity contribution in [1.29, 1.82) is 0 Å². The molecule has 0 aromatic heterocycles. The summed E-state index contributed by atoms with van der Waals surface area (Å²) in [5.74, 6) is 0.521. The number of hydrogen-bond acceptors (Lipinski definition) is 2. The minimum atomic E-state index is 0.241. The van der Waals surface area contributed by atoms with Gasteiger partial charge >= 0.3 is 0 Å². The van der Waals surface area contributed by atoms with Crippen LogP contribution >= 0.6 is 0 Å². The van der Waals surface area contributed by atoms with Crippen LogP contribution in [0.5, 0.6) is 0 Å². The summed E-state index contributed by atoms with van der Waals surface area (Å²) in [5.41, 5.74) is 0. The fourth-order valence-electron chi connectivity index (χ4n) is 2.95. The Balaban J connectivity index is 2.10. The summed E-state index contributed by atoms with van der Waals surface area (Å²) >= 11 is 0. The van der Waals surface area contributed by atoms with Crippen LogP contribution in [0.1, 0.15) is 65.2 Å². The summed E-state index contributed by atoms with van der Waals surface area (Å²) in [4.78, 5) is 14.6. The molecule has 1 rings (SSSR count). The number of likely N-dealkylation sites (tertiary alicyclic amines) is 1. The van der Waals surface area contributed by atoms with Crippen molar-refractivity contribution in [3.8, 4) is 0 Å². The number of amides is 1. The maximum absolute atomic E-state index is 12.0. The van der Waals surface area contributed by atoms with E-state index in [1.54, 1.807) is 0 Å². The van der Waals surface area contributed by atoms with Gasteiger partial charge in [-0.15, -0.1) is 0 Å². The zero-order valence-corrected chi connectivity index (χ0v) is 12.9. The van der Waals surface area contributed by atoms with Gasteiger partial charge in [-0.25, -0.2) is 0 Å². The molecule has 1 fully saturated rings. The first-order valence-electron chi connectivity index (χ1n) is 8.28. The first-order chi connectivity index (χ1) is 9.27. The lowest BCUT2D eigenvalue weighted by Crippen LogP contribution is -2.35. The van der Waals surface area contributed by atoms with E-state index in [4.69, 9.17) is 0 Å². The second-order valence-corrected chi connectivity index (χ2v) is 5.82. The van der Waals surface area contributed by atoms with Gasteiger partial charge in [0.25, 0.3) is 0 Å². The predicted molar refractivity (Wildman–Crippen MR) is 81.2 cm³/mol. The summed E-state index contributed by atoms with van der Waals surface area (Å²) in [7, 11) is 0. The van der Waals surface area contributed by atoms with Crippen molar-refractivity contribution in [2.45, 2.75) is 65.2 Å². The maximum Gasteiger partial charge on any atom is 0.223 e. The Labute approximate surface area is 119 Å². The van der Waals surface area contributed by atoms with Crippen molar-refractivity contribution in [2.75, 3.05) is 26.2 Å². The number of carbonyl (C=O) groups excluding carboxylic acids is 1. The molecule has 0 atom stereocenters. The van der Waals surface area contributed by atoms with Gasteiger partial charge in [0.15, 0.2) is 0 Å². The molecule has 0 aliphatic carbocycles. The van der Waals surface area contributed by atoms with Crippen LogP contribution < -0.4 is 5.32 Å². The molecule has 0 saturated carbocycles. The number of carbonyl (C=O) groups is 1. The molecule has 1 N–H and O–H groups in total. The Bertz CT molecular complexity index is 231. The van der Waals surface area contributed by atoms with Crippen LogP contribution in [0.3, 0.4) is 0 Å². The van der Waals surface area contributed by atoms with Crippen LogP contribution in [0.25, 0.3) is 0 Å². The van der Waals surface area contributed by atoms with E-state index in [1.165, 1.54) is 32.4 Å². The molecule has 1 aliphatic heterocycles. The molecule has 112 valence electrons. The topological polar surface area (TPSA) is 32.3 Å². The maximum atomic E-state index is 12.0. The van der Waals surface area contributed by atoms with Crippen LogP contribution in [-0.2, 0) is 4.79 Å². The van der Waals surface area contributed by atoms with E-state index in [-0.39, 0.29) is 11.8 Å². The van der Waals surface area contributed by atoms with Crippen LogP contribution in [0.2, 0.25) is 0 Å².